The lowest BCUT2D eigenvalue weighted by Crippen LogP contribution is -2.34. The number of hydrogen-bond acceptors (Lipinski definition) is 7. The molecule has 0 fully saturated rings. The number of carbonyl (C=O) groups is 2. The molecule has 0 unspecified atom stereocenters. The molecule has 2 rings (SSSR count). The van der Waals surface area contributed by atoms with Crippen LogP contribution in [0.2, 0.25) is 0 Å². The van der Waals surface area contributed by atoms with Crippen molar-refractivity contribution in [3.63, 3.8) is 0 Å². The quantitative estimate of drug-likeness (QED) is 0.399. The highest BCUT2D eigenvalue weighted by molar-refractivity contribution is 7.90. The first-order valence-electron chi connectivity index (χ1n) is 9.45. The van der Waals surface area contributed by atoms with E-state index >= 15 is 0 Å². The van der Waals surface area contributed by atoms with E-state index in [2.05, 4.69) is 12.2 Å². The maximum atomic E-state index is 12.4. The molecule has 0 heterocycles. The van der Waals surface area contributed by atoms with E-state index in [1.807, 2.05) is 4.72 Å². The Balaban J connectivity index is 1.88. The number of carbonyl (C=O) groups excluding carboxylic acids is 2. The molecule has 2 aromatic carbocycles. The van der Waals surface area contributed by atoms with Crippen LogP contribution in [0.1, 0.15) is 15.9 Å². The third-order valence-corrected chi connectivity index (χ3v) is 5.43. The van der Waals surface area contributed by atoms with Crippen LogP contribution in [-0.2, 0) is 24.2 Å². The van der Waals surface area contributed by atoms with Gasteiger partial charge in [-0.2, -0.15) is 0 Å². The Hall–Kier alpha value is -2.95. The molecule has 1 radical (unpaired) electrons. The number of hydrogen-bond donors (Lipinski definition) is 2. The standard InChI is InChI=1S/C21H25N2O7S/c1-3-28-11-12-29-13-14-30-20(24)17-8-6-9-18(15-17)22-21(25)23-31(26,27)19-10-5-4-7-16(19)2/h4-10,15H,1,3,11-14H2,2H3,(H2,22,23,25). The summed E-state index contributed by atoms with van der Waals surface area (Å²) in [6.45, 7) is 6.56. The molecule has 0 bridgehead atoms. The molecule has 0 aromatic heterocycles. The number of anilines is 1. The van der Waals surface area contributed by atoms with Crippen LogP contribution >= 0.6 is 0 Å². The second kappa shape index (κ2) is 12.0. The number of aryl methyl sites for hydroxylation is 1. The SMILES string of the molecule is [CH2]COCCOCCOC(=O)c1cccc(NC(=O)NS(=O)(=O)c2ccccc2C)c1. The number of benzene rings is 2. The highest BCUT2D eigenvalue weighted by Crippen LogP contribution is 2.15. The fourth-order valence-corrected chi connectivity index (χ4v) is 3.67. The number of amides is 2. The van der Waals surface area contributed by atoms with Crippen molar-refractivity contribution < 1.29 is 32.2 Å². The van der Waals surface area contributed by atoms with Crippen molar-refractivity contribution in [2.45, 2.75) is 11.8 Å². The Morgan fingerprint density at radius 1 is 0.968 bits per heavy atom. The van der Waals surface area contributed by atoms with Gasteiger partial charge in [0.2, 0.25) is 0 Å². The van der Waals surface area contributed by atoms with E-state index < -0.39 is 22.0 Å². The van der Waals surface area contributed by atoms with E-state index in [1.54, 1.807) is 25.1 Å². The molecule has 2 aromatic rings. The van der Waals surface area contributed by atoms with Gasteiger partial charge in [0, 0.05) is 12.3 Å². The number of sulfonamides is 1. The second-order valence-corrected chi connectivity index (χ2v) is 7.92. The maximum Gasteiger partial charge on any atom is 0.338 e. The lowest BCUT2D eigenvalue weighted by molar-refractivity contribution is 0.0179. The predicted molar refractivity (Wildman–Crippen MR) is 114 cm³/mol. The van der Waals surface area contributed by atoms with Crippen molar-refractivity contribution in [2.75, 3.05) is 38.4 Å². The molecular weight excluding hydrogens is 424 g/mol. The highest BCUT2D eigenvalue weighted by Gasteiger charge is 2.19. The molecule has 10 heteroatoms. The first kappa shape index (κ1) is 24.3. The van der Waals surface area contributed by atoms with Crippen LogP contribution in [0.25, 0.3) is 0 Å². The molecule has 0 aliphatic rings. The van der Waals surface area contributed by atoms with Crippen LogP contribution in [0, 0.1) is 13.8 Å². The first-order valence-corrected chi connectivity index (χ1v) is 10.9. The van der Waals surface area contributed by atoms with Gasteiger partial charge in [0.15, 0.2) is 0 Å². The molecule has 0 saturated carbocycles. The van der Waals surface area contributed by atoms with E-state index in [0.29, 0.717) is 25.4 Å². The summed E-state index contributed by atoms with van der Waals surface area (Å²) in [5.74, 6) is -0.603. The van der Waals surface area contributed by atoms with Gasteiger partial charge in [0.25, 0.3) is 10.0 Å². The summed E-state index contributed by atoms with van der Waals surface area (Å²) in [6, 6.07) is 11.3. The van der Waals surface area contributed by atoms with Gasteiger partial charge in [-0.3, -0.25) is 0 Å². The molecule has 0 spiro atoms. The van der Waals surface area contributed by atoms with Crippen molar-refractivity contribution >= 4 is 27.7 Å². The molecule has 0 atom stereocenters. The average Bonchev–Trinajstić information content (AvgIpc) is 2.73. The molecule has 0 saturated heterocycles. The van der Waals surface area contributed by atoms with Crippen LogP contribution in [0.15, 0.2) is 53.4 Å². The van der Waals surface area contributed by atoms with E-state index in [0.717, 1.165) is 0 Å². The van der Waals surface area contributed by atoms with Gasteiger partial charge in [-0.15, -0.1) is 0 Å². The summed E-state index contributed by atoms with van der Waals surface area (Å²) in [6.07, 6.45) is 0. The van der Waals surface area contributed by atoms with Crippen LogP contribution in [0.4, 0.5) is 10.5 Å². The van der Waals surface area contributed by atoms with Crippen molar-refractivity contribution in [1.29, 1.82) is 0 Å². The topological polar surface area (TPSA) is 120 Å². The largest absolute Gasteiger partial charge is 0.460 e. The summed E-state index contributed by atoms with van der Waals surface area (Å²) >= 11 is 0. The van der Waals surface area contributed by atoms with Crippen LogP contribution in [0.3, 0.4) is 0 Å². The van der Waals surface area contributed by atoms with Gasteiger partial charge in [-0.25, -0.2) is 22.7 Å². The minimum atomic E-state index is -4.04. The normalized spacial score (nSPS) is 11.0. The van der Waals surface area contributed by atoms with Crippen LogP contribution in [-0.4, -0.2) is 53.5 Å². The summed E-state index contributed by atoms with van der Waals surface area (Å²) < 4.78 is 42.1. The minimum absolute atomic E-state index is 0.00243. The van der Waals surface area contributed by atoms with Crippen LogP contribution < -0.4 is 10.0 Å². The molecule has 2 amide bonds. The maximum absolute atomic E-state index is 12.4. The van der Waals surface area contributed by atoms with E-state index in [9.17, 15) is 18.0 Å². The molecule has 31 heavy (non-hydrogen) atoms. The summed E-state index contributed by atoms with van der Waals surface area (Å²) in [5, 5.41) is 2.40. The second-order valence-electron chi connectivity index (χ2n) is 6.27. The minimum Gasteiger partial charge on any atom is -0.460 e. The van der Waals surface area contributed by atoms with E-state index in [1.165, 1.54) is 30.3 Å². The number of rotatable bonds is 11. The fourth-order valence-electron chi connectivity index (χ4n) is 2.51. The molecular formula is C21H25N2O7S. The van der Waals surface area contributed by atoms with Gasteiger partial charge in [-0.05, 0) is 43.7 Å². The highest BCUT2D eigenvalue weighted by atomic mass is 32.2. The molecule has 0 aliphatic carbocycles. The van der Waals surface area contributed by atoms with Crippen molar-refractivity contribution in [2.24, 2.45) is 0 Å². The van der Waals surface area contributed by atoms with Gasteiger partial charge in [-0.1, -0.05) is 24.3 Å². The van der Waals surface area contributed by atoms with Gasteiger partial charge in [0.05, 0.1) is 30.3 Å². The van der Waals surface area contributed by atoms with E-state index in [-0.39, 0.29) is 29.4 Å². The number of urea groups is 1. The summed E-state index contributed by atoms with van der Waals surface area (Å²) in [7, 11) is -4.04. The zero-order valence-electron chi connectivity index (χ0n) is 17.1. The fraction of sp³-hybridized carbons (Fsp3) is 0.286. The average molecular weight is 450 g/mol. The Bertz CT molecular complexity index is 993. The zero-order valence-corrected chi connectivity index (χ0v) is 17.9. The number of ether oxygens (including phenoxy) is 3. The smallest absolute Gasteiger partial charge is 0.338 e. The monoisotopic (exact) mass is 449 g/mol. The van der Waals surface area contributed by atoms with Gasteiger partial charge >= 0.3 is 12.0 Å². The third-order valence-electron chi connectivity index (χ3n) is 3.94. The Morgan fingerprint density at radius 2 is 1.68 bits per heavy atom. The summed E-state index contributed by atoms with van der Waals surface area (Å²) in [4.78, 5) is 24.3. The molecule has 9 nitrogen and oxygen atoms in total. The third kappa shape index (κ3) is 8.00. The Kier molecular flexibility index (Phi) is 9.44. The lowest BCUT2D eigenvalue weighted by Gasteiger charge is -2.11. The predicted octanol–water partition coefficient (Wildman–Crippen LogP) is 2.53. The van der Waals surface area contributed by atoms with E-state index in [4.69, 9.17) is 14.2 Å². The van der Waals surface area contributed by atoms with Crippen LogP contribution in [0.5, 0.6) is 0 Å². The Morgan fingerprint density at radius 3 is 2.42 bits per heavy atom. The molecule has 2 N–H and O–H groups in total. The molecule has 167 valence electrons. The Labute approximate surface area is 181 Å². The number of esters is 1. The summed E-state index contributed by atoms with van der Waals surface area (Å²) in [5.41, 5.74) is 0.930. The molecule has 0 aliphatic heterocycles. The first-order chi connectivity index (χ1) is 14.8. The lowest BCUT2D eigenvalue weighted by atomic mass is 10.2. The van der Waals surface area contributed by atoms with Crippen molar-refractivity contribution in [3.8, 4) is 0 Å². The van der Waals surface area contributed by atoms with Gasteiger partial charge < -0.3 is 19.5 Å². The number of nitrogens with one attached hydrogen (secondary N) is 2. The zero-order chi connectivity index (χ0) is 22.7. The van der Waals surface area contributed by atoms with Crippen molar-refractivity contribution in [3.05, 3.63) is 66.6 Å². The van der Waals surface area contributed by atoms with Gasteiger partial charge in [0.1, 0.15) is 6.61 Å². The van der Waals surface area contributed by atoms with Crippen molar-refractivity contribution in [1.82, 2.24) is 4.72 Å².